The van der Waals surface area contributed by atoms with E-state index >= 15 is 0 Å². The number of thioether (sulfide) groups is 1. The number of likely N-dealkylation sites (tertiary alicyclic amines) is 1. The number of hydrogen-bond donors (Lipinski definition) is 0. The van der Waals surface area contributed by atoms with Gasteiger partial charge in [-0.3, -0.25) is 14.2 Å². The van der Waals surface area contributed by atoms with Crippen molar-refractivity contribution >= 4 is 49.4 Å². The van der Waals surface area contributed by atoms with Crippen LogP contribution in [0.3, 0.4) is 0 Å². The molecule has 5 rings (SSSR count). The average molecular weight is 479 g/mol. The van der Waals surface area contributed by atoms with Crippen molar-refractivity contribution in [1.82, 2.24) is 19.4 Å². The summed E-state index contributed by atoms with van der Waals surface area (Å²) in [5.74, 6) is 0.386. The number of piperidine rings is 1. The topological polar surface area (TPSA) is 68.1 Å². The lowest BCUT2D eigenvalue weighted by Gasteiger charge is -2.33. The monoisotopic (exact) mass is 478 g/mol. The first-order valence-corrected chi connectivity index (χ1v) is 13.1. The first-order valence-electron chi connectivity index (χ1n) is 11.3. The third-order valence-electron chi connectivity index (χ3n) is 6.23. The zero-order chi connectivity index (χ0) is 22.9. The molecule has 0 aliphatic carbocycles. The van der Waals surface area contributed by atoms with Gasteiger partial charge in [0.15, 0.2) is 5.16 Å². The molecule has 1 saturated heterocycles. The van der Waals surface area contributed by atoms with E-state index in [0.717, 1.165) is 35.2 Å². The minimum atomic E-state index is -0.0788. The van der Waals surface area contributed by atoms with Crippen molar-refractivity contribution in [2.45, 2.75) is 50.9 Å². The van der Waals surface area contributed by atoms with Gasteiger partial charge in [-0.15, -0.1) is 11.3 Å². The fourth-order valence-corrected chi connectivity index (χ4v) is 6.25. The van der Waals surface area contributed by atoms with Crippen molar-refractivity contribution < 1.29 is 4.79 Å². The number of benzene rings is 1. The lowest BCUT2D eigenvalue weighted by molar-refractivity contribution is -0.131. The zero-order valence-corrected chi connectivity index (χ0v) is 20.4. The fraction of sp³-hybridized carbons (Fsp3) is 0.360. The van der Waals surface area contributed by atoms with Crippen molar-refractivity contribution in [2.24, 2.45) is 0 Å². The Hall–Kier alpha value is -2.71. The molecule has 33 heavy (non-hydrogen) atoms. The predicted molar refractivity (Wildman–Crippen MR) is 135 cm³/mol. The number of pyridine rings is 1. The molecule has 0 bridgehead atoms. The molecule has 4 heterocycles. The first kappa shape index (κ1) is 22.1. The van der Waals surface area contributed by atoms with Gasteiger partial charge >= 0.3 is 0 Å². The van der Waals surface area contributed by atoms with Crippen LogP contribution in [0, 0.1) is 6.92 Å². The normalized spacial score (nSPS) is 16.5. The van der Waals surface area contributed by atoms with Crippen LogP contribution in [0.25, 0.3) is 20.4 Å². The molecule has 1 amide bonds. The molecule has 1 aromatic carbocycles. The molecule has 4 aromatic rings. The van der Waals surface area contributed by atoms with Gasteiger partial charge in [0.25, 0.3) is 5.56 Å². The number of carbonyl (C=O) groups is 1. The number of aromatic nitrogens is 3. The molecule has 3 aromatic heterocycles. The van der Waals surface area contributed by atoms with Crippen LogP contribution in [0.4, 0.5) is 0 Å². The van der Waals surface area contributed by atoms with Gasteiger partial charge in [0.1, 0.15) is 9.53 Å². The van der Waals surface area contributed by atoms with E-state index in [1.54, 1.807) is 10.8 Å². The minimum absolute atomic E-state index is 0.0788. The third kappa shape index (κ3) is 4.42. The summed E-state index contributed by atoms with van der Waals surface area (Å²) in [6.07, 6.45) is 5.01. The summed E-state index contributed by atoms with van der Waals surface area (Å²) < 4.78 is 2.32. The SMILES string of the molecule is Cc1ccc(Cn2c(SCC(=O)N3CCCCC3C)nc3c(sc4ncccc43)c2=O)cc1. The number of fused-ring (bicyclic) bond motifs is 3. The zero-order valence-electron chi connectivity index (χ0n) is 18.8. The number of carbonyl (C=O) groups excluding carboxylic acids is 1. The number of amides is 1. The Kier molecular flexibility index (Phi) is 6.21. The first-order chi connectivity index (χ1) is 16.0. The van der Waals surface area contributed by atoms with Crippen LogP contribution in [0.5, 0.6) is 0 Å². The Labute approximate surface area is 200 Å². The number of hydrogen-bond acceptors (Lipinski definition) is 6. The third-order valence-corrected chi connectivity index (χ3v) is 8.28. The van der Waals surface area contributed by atoms with Crippen LogP contribution in [0.2, 0.25) is 0 Å². The van der Waals surface area contributed by atoms with Gasteiger partial charge < -0.3 is 4.90 Å². The van der Waals surface area contributed by atoms with E-state index in [1.165, 1.54) is 35.1 Å². The second-order valence-corrected chi connectivity index (χ2v) is 10.6. The molecular weight excluding hydrogens is 452 g/mol. The summed E-state index contributed by atoms with van der Waals surface area (Å²) in [7, 11) is 0. The van der Waals surface area contributed by atoms with Crippen molar-refractivity contribution in [2.75, 3.05) is 12.3 Å². The van der Waals surface area contributed by atoms with E-state index in [-0.39, 0.29) is 23.3 Å². The fourth-order valence-electron chi connectivity index (χ4n) is 4.34. The van der Waals surface area contributed by atoms with Crippen molar-refractivity contribution in [1.29, 1.82) is 0 Å². The Balaban J connectivity index is 1.54. The van der Waals surface area contributed by atoms with Gasteiger partial charge in [-0.2, -0.15) is 0 Å². The van der Waals surface area contributed by atoms with Crippen LogP contribution in [-0.4, -0.2) is 43.7 Å². The van der Waals surface area contributed by atoms with Gasteiger partial charge in [-0.05, 0) is 50.8 Å². The van der Waals surface area contributed by atoms with E-state index in [0.29, 0.717) is 21.9 Å². The molecule has 1 aliphatic rings. The van der Waals surface area contributed by atoms with Gasteiger partial charge in [0.2, 0.25) is 5.91 Å². The Morgan fingerprint density at radius 2 is 2.03 bits per heavy atom. The maximum atomic E-state index is 13.6. The summed E-state index contributed by atoms with van der Waals surface area (Å²) in [5, 5.41) is 1.46. The standard InChI is InChI=1S/C25H26N4O2S2/c1-16-8-10-18(11-9-16)14-29-24(31)22-21(19-7-5-12-26-23(19)33-22)27-25(29)32-15-20(30)28-13-4-3-6-17(28)2/h5,7-12,17H,3-4,6,13-15H2,1-2H3. The minimum Gasteiger partial charge on any atom is -0.339 e. The summed E-state index contributed by atoms with van der Waals surface area (Å²) in [6.45, 7) is 5.39. The molecule has 0 N–H and O–H groups in total. The Morgan fingerprint density at radius 1 is 1.21 bits per heavy atom. The quantitative estimate of drug-likeness (QED) is 0.303. The van der Waals surface area contributed by atoms with Crippen LogP contribution in [0.15, 0.2) is 52.5 Å². The molecule has 170 valence electrons. The van der Waals surface area contributed by atoms with E-state index in [9.17, 15) is 9.59 Å². The number of nitrogens with zero attached hydrogens (tertiary/aromatic N) is 4. The molecule has 1 aliphatic heterocycles. The highest BCUT2D eigenvalue weighted by atomic mass is 32.2. The molecular formula is C25H26N4O2S2. The maximum absolute atomic E-state index is 13.6. The van der Waals surface area contributed by atoms with Crippen LogP contribution >= 0.6 is 23.1 Å². The highest BCUT2D eigenvalue weighted by Crippen LogP contribution is 2.31. The second kappa shape index (κ2) is 9.27. The molecule has 1 fully saturated rings. The summed E-state index contributed by atoms with van der Waals surface area (Å²) in [6, 6.07) is 12.2. The summed E-state index contributed by atoms with van der Waals surface area (Å²) in [4.78, 5) is 38.7. The van der Waals surface area contributed by atoms with Gasteiger partial charge in [0, 0.05) is 24.2 Å². The van der Waals surface area contributed by atoms with Crippen LogP contribution in [-0.2, 0) is 11.3 Å². The van der Waals surface area contributed by atoms with E-state index in [4.69, 9.17) is 4.98 Å². The van der Waals surface area contributed by atoms with Crippen molar-refractivity contribution in [3.8, 4) is 0 Å². The van der Waals surface area contributed by atoms with Crippen molar-refractivity contribution in [3.05, 3.63) is 64.1 Å². The van der Waals surface area contributed by atoms with Crippen LogP contribution < -0.4 is 5.56 Å². The second-order valence-electron chi connectivity index (χ2n) is 8.63. The van der Waals surface area contributed by atoms with E-state index in [2.05, 4.69) is 11.9 Å². The average Bonchev–Trinajstić information content (AvgIpc) is 3.20. The molecule has 0 saturated carbocycles. The predicted octanol–water partition coefficient (Wildman–Crippen LogP) is 4.86. The van der Waals surface area contributed by atoms with Gasteiger partial charge in [-0.1, -0.05) is 41.6 Å². The van der Waals surface area contributed by atoms with Gasteiger partial charge in [-0.25, -0.2) is 9.97 Å². The Bertz CT molecular complexity index is 1380. The lowest BCUT2D eigenvalue weighted by Crippen LogP contribution is -2.43. The summed E-state index contributed by atoms with van der Waals surface area (Å²) in [5.41, 5.74) is 2.80. The smallest absolute Gasteiger partial charge is 0.272 e. The molecule has 0 radical (unpaired) electrons. The number of rotatable bonds is 5. The van der Waals surface area contributed by atoms with E-state index in [1.807, 2.05) is 48.2 Å². The highest BCUT2D eigenvalue weighted by molar-refractivity contribution is 7.99. The Morgan fingerprint density at radius 3 is 2.82 bits per heavy atom. The molecule has 6 nitrogen and oxygen atoms in total. The molecule has 8 heteroatoms. The van der Waals surface area contributed by atoms with E-state index < -0.39 is 0 Å². The number of thiophene rings is 1. The lowest BCUT2D eigenvalue weighted by atomic mass is 10.0. The molecule has 1 atom stereocenters. The van der Waals surface area contributed by atoms with Crippen LogP contribution in [0.1, 0.15) is 37.3 Å². The highest BCUT2D eigenvalue weighted by Gasteiger charge is 2.24. The maximum Gasteiger partial charge on any atom is 0.272 e. The summed E-state index contributed by atoms with van der Waals surface area (Å²) >= 11 is 2.74. The number of aryl methyl sites for hydroxylation is 1. The largest absolute Gasteiger partial charge is 0.339 e. The van der Waals surface area contributed by atoms with Crippen molar-refractivity contribution in [3.63, 3.8) is 0 Å². The van der Waals surface area contributed by atoms with Gasteiger partial charge in [0.05, 0.1) is 17.8 Å². The molecule has 0 spiro atoms. The molecule has 1 unspecified atom stereocenters.